The molecule has 0 saturated carbocycles. The van der Waals surface area contributed by atoms with Gasteiger partial charge < -0.3 is 10.2 Å². The molecule has 1 heterocycles. The van der Waals surface area contributed by atoms with Crippen molar-refractivity contribution in [1.29, 1.82) is 0 Å². The molecule has 2 rings (SSSR count). The third kappa shape index (κ3) is 3.75. The molecule has 22 heavy (non-hydrogen) atoms. The third-order valence-corrected chi connectivity index (χ3v) is 5.49. The van der Waals surface area contributed by atoms with Crippen LogP contribution < -0.4 is 5.32 Å². The minimum atomic E-state index is -3.15. The SMILES string of the molecule is CN(C(=O)C(=O)Nc1ccc(F)c(Cl)c1)C1CCS(=O)(=O)C1. The summed E-state index contributed by atoms with van der Waals surface area (Å²) < 4.78 is 35.8. The lowest BCUT2D eigenvalue weighted by molar-refractivity contribution is -0.143. The van der Waals surface area contributed by atoms with Gasteiger partial charge in [-0.05, 0) is 24.6 Å². The van der Waals surface area contributed by atoms with Crippen LogP contribution in [0.15, 0.2) is 18.2 Å². The highest BCUT2D eigenvalue weighted by molar-refractivity contribution is 7.91. The second-order valence-electron chi connectivity index (χ2n) is 5.06. The summed E-state index contributed by atoms with van der Waals surface area (Å²) in [6.07, 6.45) is 0.306. The van der Waals surface area contributed by atoms with Gasteiger partial charge in [0.25, 0.3) is 0 Å². The molecule has 0 bridgehead atoms. The van der Waals surface area contributed by atoms with Crippen LogP contribution in [0.5, 0.6) is 0 Å². The Balaban J connectivity index is 2.02. The molecular formula is C13H14ClFN2O4S. The van der Waals surface area contributed by atoms with E-state index in [0.717, 1.165) is 11.0 Å². The summed E-state index contributed by atoms with van der Waals surface area (Å²) in [5, 5.41) is 2.12. The molecule has 0 spiro atoms. The first-order valence-electron chi connectivity index (χ1n) is 6.43. The van der Waals surface area contributed by atoms with Crippen LogP contribution >= 0.6 is 11.6 Å². The summed E-state index contributed by atoms with van der Waals surface area (Å²) in [6.45, 7) is 0. The maximum Gasteiger partial charge on any atom is 0.313 e. The number of carbonyl (C=O) groups excluding carboxylic acids is 2. The van der Waals surface area contributed by atoms with Gasteiger partial charge in [-0.15, -0.1) is 0 Å². The zero-order valence-electron chi connectivity index (χ0n) is 11.7. The molecule has 0 aromatic heterocycles. The van der Waals surface area contributed by atoms with E-state index in [1.54, 1.807) is 0 Å². The van der Waals surface area contributed by atoms with Crippen molar-refractivity contribution in [3.63, 3.8) is 0 Å². The van der Waals surface area contributed by atoms with Crippen molar-refractivity contribution < 1.29 is 22.4 Å². The number of halogens is 2. The number of hydrogen-bond donors (Lipinski definition) is 1. The number of anilines is 1. The normalized spacial score (nSPS) is 19.7. The number of sulfone groups is 1. The van der Waals surface area contributed by atoms with E-state index < -0.39 is 33.5 Å². The first kappa shape index (κ1) is 16.7. The van der Waals surface area contributed by atoms with Crippen LogP contribution in [0.3, 0.4) is 0 Å². The summed E-state index contributed by atoms with van der Waals surface area (Å²) in [4.78, 5) is 25.0. The van der Waals surface area contributed by atoms with E-state index in [4.69, 9.17) is 11.6 Å². The van der Waals surface area contributed by atoms with Gasteiger partial charge in [-0.1, -0.05) is 11.6 Å². The Morgan fingerprint density at radius 1 is 1.41 bits per heavy atom. The summed E-state index contributed by atoms with van der Waals surface area (Å²) in [7, 11) is -1.77. The average molecular weight is 349 g/mol. The van der Waals surface area contributed by atoms with Crippen molar-refractivity contribution >= 4 is 38.9 Å². The second kappa shape index (κ2) is 6.21. The molecule has 6 nitrogen and oxygen atoms in total. The van der Waals surface area contributed by atoms with Crippen LogP contribution in [0.2, 0.25) is 5.02 Å². The number of hydrogen-bond acceptors (Lipinski definition) is 4. The lowest BCUT2D eigenvalue weighted by Gasteiger charge is -2.22. The topological polar surface area (TPSA) is 83.6 Å². The van der Waals surface area contributed by atoms with E-state index in [1.807, 2.05) is 0 Å². The number of amides is 2. The lowest BCUT2D eigenvalue weighted by Crippen LogP contribution is -2.43. The number of nitrogens with zero attached hydrogens (tertiary/aromatic N) is 1. The van der Waals surface area contributed by atoms with E-state index in [2.05, 4.69) is 5.32 Å². The molecule has 1 fully saturated rings. The standard InChI is InChI=1S/C13H14ClFN2O4S/c1-17(9-4-5-22(20,21)7-9)13(19)12(18)16-8-2-3-11(15)10(14)6-8/h2-3,6,9H,4-5,7H2,1H3,(H,16,18). The maximum atomic E-state index is 13.0. The fourth-order valence-corrected chi connectivity index (χ4v) is 4.12. The molecule has 1 saturated heterocycles. The first-order valence-corrected chi connectivity index (χ1v) is 8.63. The van der Waals surface area contributed by atoms with Crippen LogP contribution in [0.4, 0.5) is 10.1 Å². The first-order chi connectivity index (χ1) is 10.2. The predicted octanol–water partition coefficient (Wildman–Crippen LogP) is 1.06. The highest BCUT2D eigenvalue weighted by atomic mass is 35.5. The summed E-state index contributed by atoms with van der Waals surface area (Å²) >= 11 is 5.59. The van der Waals surface area contributed by atoms with E-state index in [0.29, 0.717) is 6.42 Å². The van der Waals surface area contributed by atoms with Gasteiger partial charge in [0, 0.05) is 18.8 Å². The van der Waals surface area contributed by atoms with Crippen LogP contribution in [-0.2, 0) is 19.4 Å². The number of carbonyl (C=O) groups is 2. The van der Waals surface area contributed by atoms with Gasteiger partial charge in [0.2, 0.25) is 0 Å². The molecule has 1 aliphatic heterocycles. The van der Waals surface area contributed by atoms with Gasteiger partial charge in [-0.2, -0.15) is 0 Å². The third-order valence-electron chi connectivity index (χ3n) is 3.45. The van der Waals surface area contributed by atoms with E-state index in [-0.39, 0.29) is 22.2 Å². The molecule has 0 aliphatic carbocycles. The number of nitrogens with one attached hydrogen (secondary N) is 1. The van der Waals surface area contributed by atoms with Crippen LogP contribution in [0, 0.1) is 5.82 Å². The Morgan fingerprint density at radius 2 is 2.09 bits per heavy atom. The minimum absolute atomic E-state index is 0.00444. The molecule has 1 aliphatic rings. The summed E-state index contributed by atoms with van der Waals surface area (Å²) in [5.41, 5.74) is 0.178. The second-order valence-corrected chi connectivity index (χ2v) is 7.69. The van der Waals surface area contributed by atoms with E-state index in [9.17, 15) is 22.4 Å². The van der Waals surface area contributed by atoms with E-state index in [1.165, 1.54) is 19.2 Å². The molecule has 1 aromatic carbocycles. The zero-order valence-corrected chi connectivity index (χ0v) is 13.2. The highest BCUT2D eigenvalue weighted by Gasteiger charge is 2.34. The van der Waals surface area contributed by atoms with Crippen LogP contribution in [0.25, 0.3) is 0 Å². The molecule has 1 N–H and O–H groups in total. The molecule has 0 radical (unpaired) electrons. The van der Waals surface area contributed by atoms with Crippen molar-refractivity contribution in [2.45, 2.75) is 12.5 Å². The van der Waals surface area contributed by atoms with Crippen molar-refractivity contribution in [1.82, 2.24) is 4.90 Å². The fourth-order valence-electron chi connectivity index (χ4n) is 2.17. The highest BCUT2D eigenvalue weighted by Crippen LogP contribution is 2.20. The van der Waals surface area contributed by atoms with Crippen molar-refractivity contribution in [2.75, 3.05) is 23.9 Å². The lowest BCUT2D eigenvalue weighted by atomic mass is 10.2. The predicted molar refractivity (Wildman–Crippen MR) is 79.9 cm³/mol. The molecule has 1 atom stereocenters. The number of rotatable bonds is 2. The van der Waals surface area contributed by atoms with Gasteiger partial charge in [0.05, 0.1) is 16.5 Å². The number of likely N-dealkylation sites (N-methyl/N-ethyl adjacent to an activating group) is 1. The molecule has 9 heteroatoms. The monoisotopic (exact) mass is 348 g/mol. The average Bonchev–Trinajstić information content (AvgIpc) is 2.81. The molecule has 2 amide bonds. The quantitative estimate of drug-likeness (QED) is 0.810. The zero-order chi connectivity index (χ0) is 16.5. The smallest absolute Gasteiger partial charge is 0.313 e. The summed E-state index contributed by atoms with van der Waals surface area (Å²) in [6, 6.07) is 3.00. The Bertz CT molecular complexity index is 723. The Morgan fingerprint density at radius 3 is 2.64 bits per heavy atom. The minimum Gasteiger partial charge on any atom is -0.333 e. The van der Waals surface area contributed by atoms with Gasteiger partial charge >= 0.3 is 11.8 Å². The van der Waals surface area contributed by atoms with E-state index >= 15 is 0 Å². The number of benzene rings is 1. The van der Waals surface area contributed by atoms with Gasteiger partial charge in [0.15, 0.2) is 9.84 Å². The van der Waals surface area contributed by atoms with Gasteiger partial charge in [-0.3, -0.25) is 9.59 Å². The molecule has 120 valence electrons. The summed E-state index contributed by atoms with van der Waals surface area (Å²) in [5.74, 6) is -2.58. The van der Waals surface area contributed by atoms with Crippen molar-refractivity contribution in [2.24, 2.45) is 0 Å². The molecule has 1 unspecified atom stereocenters. The van der Waals surface area contributed by atoms with Gasteiger partial charge in [0.1, 0.15) is 5.82 Å². The van der Waals surface area contributed by atoms with Crippen molar-refractivity contribution in [3.05, 3.63) is 29.0 Å². The largest absolute Gasteiger partial charge is 0.333 e. The Kier molecular flexibility index (Phi) is 4.72. The maximum absolute atomic E-state index is 13.0. The molecular weight excluding hydrogens is 335 g/mol. The molecule has 1 aromatic rings. The Hall–Kier alpha value is -1.67. The van der Waals surface area contributed by atoms with Crippen LogP contribution in [-0.4, -0.2) is 49.7 Å². The Labute approximate surface area is 132 Å². The van der Waals surface area contributed by atoms with Crippen LogP contribution in [0.1, 0.15) is 6.42 Å². The van der Waals surface area contributed by atoms with Crippen molar-refractivity contribution in [3.8, 4) is 0 Å². The van der Waals surface area contributed by atoms with Gasteiger partial charge in [-0.25, -0.2) is 12.8 Å². The fraction of sp³-hybridized carbons (Fsp3) is 0.385.